The molecule has 1 rings (SSSR count). The molecule has 0 aromatic carbocycles. The van der Waals surface area contributed by atoms with E-state index in [0.29, 0.717) is 18.4 Å². The minimum absolute atomic E-state index is 0.315. The Bertz CT molecular complexity index is 158. The minimum atomic E-state index is 0.315. The summed E-state index contributed by atoms with van der Waals surface area (Å²) in [6, 6.07) is 2.46. The van der Waals surface area contributed by atoms with Gasteiger partial charge in [0.1, 0.15) is 0 Å². The molecule has 0 radical (unpaired) electrons. The van der Waals surface area contributed by atoms with Crippen molar-refractivity contribution in [2.45, 2.75) is 25.8 Å². The van der Waals surface area contributed by atoms with Crippen LogP contribution in [0.4, 0.5) is 0 Å². The van der Waals surface area contributed by atoms with Crippen molar-refractivity contribution < 1.29 is 4.74 Å². The Hall–Kier alpha value is -0.590. The zero-order valence-corrected chi connectivity index (χ0v) is 7.55. The highest BCUT2D eigenvalue weighted by molar-refractivity contribution is 4.78. The maximum absolute atomic E-state index is 8.41. The van der Waals surface area contributed by atoms with E-state index >= 15 is 0 Å². The molecule has 0 aromatic rings. The molecule has 3 nitrogen and oxygen atoms in total. The lowest BCUT2D eigenvalue weighted by atomic mass is 10.1. The number of nitrogens with zero attached hydrogens (tertiary/aromatic N) is 1. The summed E-state index contributed by atoms with van der Waals surface area (Å²) in [6.07, 6.45) is 1.75. The predicted molar refractivity (Wildman–Crippen MR) is 46.6 cm³/mol. The molecule has 1 saturated heterocycles. The molecule has 0 aromatic heterocycles. The van der Waals surface area contributed by atoms with Crippen LogP contribution >= 0.6 is 0 Å². The fraction of sp³-hybridized carbons (Fsp3) is 0.889. The predicted octanol–water partition coefficient (Wildman–Crippen LogP) is 0.915. The summed E-state index contributed by atoms with van der Waals surface area (Å²) in [6.45, 7) is 4.81. The third kappa shape index (κ3) is 3.21. The number of rotatable bonds is 4. The highest BCUT2D eigenvalue weighted by Crippen LogP contribution is 2.10. The summed E-state index contributed by atoms with van der Waals surface area (Å²) in [5.74, 6) is 0.658. The molecule has 1 aliphatic rings. The lowest BCUT2D eigenvalue weighted by Crippen LogP contribution is -2.31. The van der Waals surface area contributed by atoms with Crippen LogP contribution in [0, 0.1) is 17.2 Å². The number of nitriles is 1. The van der Waals surface area contributed by atoms with Crippen molar-refractivity contribution in [3.8, 4) is 6.07 Å². The van der Waals surface area contributed by atoms with Gasteiger partial charge in [0.15, 0.2) is 0 Å². The Morgan fingerprint density at radius 3 is 3.17 bits per heavy atom. The summed E-state index contributed by atoms with van der Waals surface area (Å²) in [4.78, 5) is 0. The zero-order chi connectivity index (χ0) is 8.81. The highest BCUT2D eigenvalue weighted by atomic mass is 16.5. The molecule has 12 heavy (non-hydrogen) atoms. The van der Waals surface area contributed by atoms with E-state index in [1.54, 1.807) is 0 Å². The van der Waals surface area contributed by atoms with Crippen LogP contribution in [0.25, 0.3) is 0 Å². The molecule has 1 aliphatic heterocycles. The number of hydrogen-bond donors (Lipinski definition) is 1. The van der Waals surface area contributed by atoms with Gasteiger partial charge in [0, 0.05) is 19.2 Å². The summed E-state index contributed by atoms with van der Waals surface area (Å²) in [5.41, 5.74) is 0. The van der Waals surface area contributed by atoms with Crippen LogP contribution in [-0.2, 0) is 4.74 Å². The molecule has 68 valence electrons. The Morgan fingerprint density at radius 1 is 1.75 bits per heavy atom. The Labute approximate surface area is 73.7 Å². The van der Waals surface area contributed by atoms with Crippen molar-refractivity contribution in [2.24, 2.45) is 5.92 Å². The van der Waals surface area contributed by atoms with Gasteiger partial charge < -0.3 is 10.1 Å². The van der Waals surface area contributed by atoms with E-state index in [4.69, 9.17) is 10.00 Å². The van der Waals surface area contributed by atoms with Gasteiger partial charge in [-0.3, -0.25) is 0 Å². The maximum atomic E-state index is 8.41. The maximum Gasteiger partial charge on any atom is 0.0638 e. The standard InChI is InChI=1S/C9H16N2O/c1-8(2-4-10)11-6-9-3-5-12-7-9/h8-9,11H,2-3,5-7H2,1H3. The van der Waals surface area contributed by atoms with Crippen molar-refractivity contribution in [2.75, 3.05) is 19.8 Å². The molecule has 1 N–H and O–H groups in total. The van der Waals surface area contributed by atoms with Crippen molar-refractivity contribution in [3.63, 3.8) is 0 Å². The van der Waals surface area contributed by atoms with Gasteiger partial charge in [-0.25, -0.2) is 0 Å². The molecular formula is C9H16N2O. The van der Waals surface area contributed by atoms with Crippen LogP contribution in [0.15, 0.2) is 0 Å². The fourth-order valence-electron chi connectivity index (χ4n) is 1.32. The summed E-state index contributed by atoms with van der Waals surface area (Å²) in [7, 11) is 0. The molecule has 2 atom stereocenters. The monoisotopic (exact) mass is 168 g/mol. The van der Waals surface area contributed by atoms with Crippen molar-refractivity contribution >= 4 is 0 Å². The van der Waals surface area contributed by atoms with Gasteiger partial charge in [-0.1, -0.05) is 0 Å². The molecule has 0 saturated carbocycles. The highest BCUT2D eigenvalue weighted by Gasteiger charge is 2.15. The number of ether oxygens (including phenoxy) is 1. The average molecular weight is 168 g/mol. The second kappa shape index (κ2) is 5.13. The van der Waals surface area contributed by atoms with Crippen LogP contribution in [-0.4, -0.2) is 25.8 Å². The van der Waals surface area contributed by atoms with Gasteiger partial charge in [0.2, 0.25) is 0 Å². The SMILES string of the molecule is CC(CC#N)NCC1CCOC1. The topological polar surface area (TPSA) is 45.0 Å². The van der Waals surface area contributed by atoms with E-state index in [9.17, 15) is 0 Å². The van der Waals surface area contributed by atoms with E-state index in [-0.39, 0.29) is 0 Å². The Morgan fingerprint density at radius 2 is 2.58 bits per heavy atom. The second-order valence-electron chi connectivity index (χ2n) is 3.40. The average Bonchev–Trinajstić information content (AvgIpc) is 2.53. The van der Waals surface area contributed by atoms with E-state index in [0.717, 1.165) is 26.2 Å². The van der Waals surface area contributed by atoms with Crippen molar-refractivity contribution in [3.05, 3.63) is 0 Å². The lowest BCUT2D eigenvalue weighted by molar-refractivity contribution is 0.184. The molecule has 3 heteroatoms. The fourth-order valence-corrected chi connectivity index (χ4v) is 1.32. The first-order valence-electron chi connectivity index (χ1n) is 4.51. The number of hydrogen-bond acceptors (Lipinski definition) is 3. The third-order valence-corrected chi connectivity index (χ3v) is 2.18. The van der Waals surface area contributed by atoms with Crippen molar-refractivity contribution in [1.29, 1.82) is 5.26 Å². The largest absolute Gasteiger partial charge is 0.381 e. The molecule has 0 amide bonds. The quantitative estimate of drug-likeness (QED) is 0.678. The van der Waals surface area contributed by atoms with Crippen molar-refractivity contribution in [1.82, 2.24) is 5.32 Å². The third-order valence-electron chi connectivity index (χ3n) is 2.18. The molecule has 0 bridgehead atoms. The number of nitrogens with one attached hydrogen (secondary N) is 1. The van der Waals surface area contributed by atoms with Crippen LogP contribution in [0.5, 0.6) is 0 Å². The normalized spacial score (nSPS) is 25.2. The molecule has 2 unspecified atom stereocenters. The summed E-state index contributed by atoms with van der Waals surface area (Å²) >= 11 is 0. The minimum Gasteiger partial charge on any atom is -0.381 e. The van der Waals surface area contributed by atoms with Crippen LogP contribution < -0.4 is 5.32 Å². The van der Waals surface area contributed by atoms with E-state index in [2.05, 4.69) is 11.4 Å². The van der Waals surface area contributed by atoms with Crippen LogP contribution in [0.1, 0.15) is 19.8 Å². The summed E-state index contributed by atoms with van der Waals surface area (Å²) < 4.78 is 5.24. The van der Waals surface area contributed by atoms with E-state index in [1.807, 2.05) is 6.92 Å². The first-order valence-corrected chi connectivity index (χ1v) is 4.51. The van der Waals surface area contributed by atoms with E-state index < -0.39 is 0 Å². The molecule has 1 heterocycles. The van der Waals surface area contributed by atoms with Gasteiger partial charge >= 0.3 is 0 Å². The molecule has 0 spiro atoms. The van der Waals surface area contributed by atoms with Gasteiger partial charge in [-0.15, -0.1) is 0 Å². The zero-order valence-electron chi connectivity index (χ0n) is 7.55. The lowest BCUT2D eigenvalue weighted by Gasteiger charge is -2.13. The van der Waals surface area contributed by atoms with Gasteiger partial charge in [-0.2, -0.15) is 5.26 Å². The van der Waals surface area contributed by atoms with E-state index in [1.165, 1.54) is 0 Å². The summed E-state index contributed by atoms with van der Waals surface area (Å²) in [5, 5.41) is 11.7. The molecule has 0 aliphatic carbocycles. The Kier molecular flexibility index (Phi) is 4.06. The van der Waals surface area contributed by atoms with Crippen LogP contribution in [0.3, 0.4) is 0 Å². The van der Waals surface area contributed by atoms with Gasteiger partial charge in [0.05, 0.1) is 19.1 Å². The van der Waals surface area contributed by atoms with Gasteiger partial charge in [-0.05, 0) is 19.3 Å². The first kappa shape index (κ1) is 9.50. The first-order chi connectivity index (χ1) is 5.83. The van der Waals surface area contributed by atoms with Crippen LogP contribution in [0.2, 0.25) is 0 Å². The molecular weight excluding hydrogens is 152 g/mol. The van der Waals surface area contributed by atoms with Gasteiger partial charge in [0.25, 0.3) is 0 Å². The second-order valence-corrected chi connectivity index (χ2v) is 3.40. The smallest absolute Gasteiger partial charge is 0.0638 e. The molecule has 1 fully saturated rings. The Balaban J connectivity index is 2.04.